The van der Waals surface area contributed by atoms with Crippen molar-refractivity contribution in [2.24, 2.45) is 11.8 Å². The maximum absolute atomic E-state index is 13.1. The lowest BCUT2D eigenvalue weighted by Crippen LogP contribution is -2.49. The molecular formula is C22H24FN3O3. The van der Waals surface area contributed by atoms with Gasteiger partial charge in [0, 0.05) is 43.6 Å². The van der Waals surface area contributed by atoms with E-state index in [-0.39, 0.29) is 29.5 Å². The summed E-state index contributed by atoms with van der Waals surface area (Å²) >= 11 is 0. The van der Waals surface area contributed by atoms with Crippen molar-refractivity contribution in [1.29, 1.82) is 0 Å². The number of carbonyl (C=O) groups is 2. The van der Waals surface area contributed by atoms with Gasteiger partial charge in [-0.25, -0.2) is 4.39 Å². The summed E-state index contributed by atoms with van der Waals surface area (Å²) in [6.07, 6.45) is 0.590. The molecule has 0 aromatic heterocycles. The first-order valence-corrected chi connectivity index (χ1v) is 9.79. The number of anilines is 2. The molecule has 2 aromatic carbocycles. The van der Waals surface area contributed by atoms with E-state index in [1.807, 2.05) is 17.0 Å². The molecule has 4 rings (SSSR count). The summed E-state index contributed by atoms with van der Waals surface area (Å²) in [4.78, 5) is 29.2. The van der Waals surface area contributed by atoms with Crippen molar-refractivity contribution in [2.45, 2.75) is 6.42 Å². The molecule has 29 heavy (non-hydrogen) atoms. The minimum Gasteiger partial charge on any atom is -0.497 e. The molecule has 152 valence electrons. The number of benzene rings is 2. The van der Waals surface area contributed by atoms with Gasteiger partial charge in [-0.2, -0.15) is 0 Å². The average Bonchev–Trinajstić information content (AvgIpc) is 3.55. The summed E-state index contributed by atoms with van der Waals surface area (Å²) in [6, 6.07) is 13.6. The van der Waals surface area contributed by atoms with Gasteiger partial charge in [0.15, 0.2) is 0 Å². The predicted molar refractivity (Wildman–Crippen MR) is 108 cm³/mol. The fourth-order valence-corrected chi connectivity index (χ4v) is 3.76. The fraction of sp³-hybridized carbons (Fsp3) is 0.364. The average molecular weight is 397 g/mol. The zero-order valence-electron chi connectivity index (χ0n) is 16.3. The molecule has 2 fully saturated rings. The van der Waals surface area contributed by atoms with E-state index in [9.17, 15) is 14.0 Å². The lowest BCUT2D eigenvalue weighted by atomic mass is 10.2. The van der Waals surface area contributed by atoms with Crippen LogP contribution in [0.25, 0.3) is 0 Å². The van der Waals surface area contributed by atoms with E-state index in [4.69, 9.17) is 4.74 Å². The molecule has 0 spiro atoms. The number of ether oxygens (including phenoxy) is 1. The van der Waals surface area contributed by atoms with Gasteiger partial charge in [-0.15, -0.1) is 0 Å². The molecule has 2 unspecified atom stereocenters. The first-order chi connectivity index (χ1) is 14.0. The van der Waals surface area contributed by atoms with Gasteiger partial charge in [-0.05, 0) is 42.8 Å². The van der Waals surface area contributed by atoms with Crippen LogP contribution in [0, 0.1) is 17.7 Å². The molecule has 2 aliphatic rings. The van der Waals surface area contributed by atoms with Crippen LogP contribution in [0.3, 0.4) is 0 Å². The summed E-state index contributed by atoms with van der Waals surface area (Å²) in [5, 5.41) is 2.87. The first-order valence-electron chi connectivity index (χ1n) is 9.79. The third-order valence-electron chi connectivity index (χ3n) is 5.56. The van der Waals surface area contributed by atoms with Crippen molar-refractivity contribution in [3.8, 4) is 5.75 Å². The molecule has 0 radical (unpaired) electrons. The summed E-state index contributed by atoms with van der Waals surface area (Å²) < 4.78 is 18.2. The zero-order valence-corrected chi connectivity index (χ0v) is 16.3. The number of nitrogens with zero attached hydrogens (tertiary/aromatic N) is 2. The minimum atomic E-state index is -0.274. The van der Waals surface area contributed by atoms with Crippen LogP contribution in [-0.2, 0) is 9.59 Å². The Labute approximate surface area is 169 Å². The molecule has 1 aliphatic heterocycles. The van der Waals surface area contributed by atoms with Crippen LogP contribution in [-0.4, -0.2) is 50.0 Å². The van der Waals surface area contributed by atoms with Crippen molar-refractivity contribution in [3.63, 3.8) is 0 Å². The Balaban J connectivity index is 1.28. The van der Waals surface area contributed by atoms with E-state index >= 15 is 0 Å². The number of methoxy groups -OCH3 is 1. The highest BCUT2D eigenvalue weighted by Gasteiger charge is 2.49. The number of piperazine rings is 1. The second-order valence-corrected chi connectivity index (χ2v) is 7.46. The number of amides is 2. The molecule has 1 heterocycles. The highest BCUT2D eigenvalue weighted by Crippen LogP contribution is 2.41. The second kappa shape index (κ2) is 8.11. The molecule has 7 heteroatoms. The van der Waals surface area contributed by atoms with Crippen molar-refractivity contribution in [2.75, 3.05) is 43.5 Å². The Kier molecular flexibility index (Phi) is 5.38. The summed E-state index contributed by atoms with van der Waals surface area (Å²) in [7, 11) is 1.58. The number of rotatable bonds is 5. The number of halogens is 1. The van der Waals surface area contributed by atoms with Crippen LogP contribution < -0.4 is 15.0 Å². The second-order valence-electron chi connectivity index (χ2n) is 7.46. The molecule has 2 atom stereocenters. The molecular weight excluding hydrogens is 373 g/mol. The molecule has 1 saturated carbocycles. The topological polar surface area (TPSA) is 61.9 Å². The van der Waals surface area contributed by atoms with E-state index in [0.29, 0.717) is 44.0 Å². The third-order valence-corrected chi connectivity index (χ3v) is 5.56. The van der Waals surface area contributed by atoms with Crippen LogP contribution in [0.1, 0.15) is 6.42 Å². The van der Waals surface area contributed by atoms with Crippen molar-refractivity contribution in [3.05, 3.63) is 54.3 Å². The van der Waals surface area contributed by atoms with Crippen LogP contribution in [0.2, 0.25) is 0 Å². The van der Waals surface area contributed by atoms with Crippen LogP contribution in [0.5, 0.6) is 5.75 Å². The smallest absolute Gasteiger partial charge is 0.228 e. The molecule has 0 bridgehead atoms. The molecule has 1 N–H and O–H groups in total. The van der Waals surface area contributed by atoms with E-state index in [2.05, 4.69) is 10.2 Å². The van der Waals surface area contributed by atoms with E-state index < -0.39 is 0 Å². The molecule has 2 amide bonds. The quantitative estimate of drug-likeness (QED) is 0.843. The first kappa shape index (κ1) is 19.2. The number of carbonyl (C=O) groups excluding carboxylic acids is 2. The minimum absolute atomic E-state index is 0.0505. The lowest BCUT2D eigenvalue weighted by Gasteiger charge is -2.36. The Bertz CT molecular complexity index is 894. The monoisotopic (exact) mass is 397 g/mol. The van der Waals surface area contributed by atoms with Gasteiger partial charge < -0.3 is 19.9 Å². The SMILES string of the molecule is COc1cccc(NC(=O)C2CC2C(=O)N2CCN(c3ccc(F)cc3)CC2)c1. The highest BCUT2D eigenvalue weighted by atomic mass is 19.1. The highest BCUT2D eigenvalue weighted by molar-refractivity contribution is 5.99. The Morgan fingerprint density at radius 2 is 1.76 bits per heavy atom. The maximum atomic E-state index is 13.1. The van der Waals surface area contributed by atoms with Crippen LogP contribution in [0.15, 0.2) is 48.5 Å². The Hall–Kier alpha value is -3.09. The van der Waals surface area contributed by atoms with Crippen LogP contribution >= 0.6 is 0 Å². The largest absolute Gasteiger partial charge is 0.497 e. The summed E-state index contributed by atoms with van der Waals surface area (Å²) in [5.74, 6) is -0.169. The summed E-state index contributed by atoms with van der Waals surface area (Å²) in [5.41, 5.74) is 1.63. The van der Waals surface area contributed by atoms with Gasteiger partial charge in [-0.1, -0.05) is 6.07 Å². The van der Waals surface area contributed by atoms with E-state index in [0.717, 1.165) is 5.69 Å². The van der Waals surface area contributed by atoms with E-state index in [1.165, 1.54) is 12.1 Å². The van der Waals surface area contributed by atoms with Gasteiger partial charge in [0.2, 0.25) is 11.8 Å². The van der Waals surface area contributed by atoms with Crippen molar-refractivity contribution >= 4 is 23.2 Å². The normalized spacial score (nSPS) is 20.9. The fourth-order valence-electron chi connectivity index (χ4n) is 3.76. The third kappa shape index (κ3) is 4.34. The zero-order chi connectivity index (χ0) is 20.4. The summed E-state index contributed by atoms with van der Waals surface area (Å²) in [6.45, 7) is 2.61. The van der Waals surface area contributed by atoms with Gasteiger partial charge >= 0.3 is 0 Å². The standard InChI is InChI=1S/C22H24FN3O3/c1-29-18-4-2-3-16(13-18)24-21(27)19-14-20(19)22(28)26-11-9-25(10-12-26)17-7-5-15(23)6-8-17/h2-8,13,19-20H,9-12,14H2,1H3,(H,24,27). The van der Waals surface area contributed by atoms with Crippen molar-refractivity contribution < 1.29 is 18.7 Å². The van der Waals surface area contributed by atoms with Crippen LogP contribution in [0.4, 0.5) is 15.8 Å². The number of nitrogens with one attached hydrogen (secondary N) is 1. The Morgan fingerprint density at radius 1 is 1.03 bits per heavy atom. The van der Waals surface area contributed by atoms with Crippen molar-refractivity contribution in [1.82, 2.24) is 4.90 Å². The molecule has 1 aliphatic carbocycles. The molecule has 6 nitrogen and oxygen atoms in total. The predicted octanol–water partition coefficient (Wildman–Crippen LogP) is 2.76. The lowest BCUT2D eigenvalue weighted by molar-refractivity contribution is -0.134. The van der Waals surface area contributed by atoms with Gasteiger partial charge in [-0.3, -0.25) is 9.59 Å². The van der Waals surface area contributed by atoms with Gasteiger partial charge in [0.05, 0.1) is 18.9 Å². The maximum Gasteiger partial charge on any atom is 0.228 e. The number of hydrogen-bond donors (Lipinski definition) is 1. The Morgan fingerprint density at radius 3 is 2.45 bits per heavy atom. The van der Waals surface area contributed by atoms with Gasteiger partial charge in [0.1, 0.15) is 11.6 Å². The molecule has 1 saturated heterocycles. The number of hydrogen-bond acceptors (Lipinski definition) is 4. The van der Waals surface area contributed by atoms with E-state index in [1.54, 1.807) is 31.4 Å². The molecule has 2 aromatic rings. The van der Waals surface area contributed by atoms with Gasteiger partial charge in [0.25, 0.3) is 0 Å².